The lowest BCUT2D eigenvalue weighted by molar-refractivity contribution is 0.277. The molecular weight excluding hydrogens is 476 g/mol. The van der Waals surface area contributed by atoms with E-state index in [9.17, 15) is 8.42 Å². The van der Waals surface area contributed by atoms with Crippen LogP contribution in [0.3, 0.4) is 0 Å². The lowest BCUT2D eigenvalue weighted by Crippen LogP contribution is -2.18. The maximum atomic E-state index is 9.63. The molecule has 0 saturated carbocycles. The third kappa shape index (κ3) is 18.5. The van der Waals surface area contributed by atoms with Gasteiger partial charge >= 0.3 is 0 Å². The molecule has 0 atom stereocenters. The largest absolute Gasteiger partial charge is 0.497 e. The molecule has 3 aromatic carbocycles. The van der Waals surface area contributed by atoms with Crippen LogP contribution in [-0.4, -0.2) is 63.6 Å². The highest BCUT2D eigenvalue weighted by Crippen LogP contribution is 2.33. The zero-order valence-corrected chi connectivity index (χ0v) is 24.3. The number of sulfone groups is 1. The third-order valence-electron chi connectivity index (χ3n) is 4.29. The van der Waals surface area contributed by atoms with Crippen molar-refractivity contribution in [1.29, 1.82) is 0 Å². The molecule has 0 aliphatic heterocycles. The second kappa shape index (κ2) is 20.3. The van der Waals surface area contributed by atoms with Crippen molar-refractivity contribution < 1.29 is 27.4 Å². The minimum atomic E-state index is -2.67. The standard InChI is InChI=1S/C17H20O2.C6H6.C2H6O2S.2C2H6O/c1-17(2,13-5-9-15(18-3)10-6-13)14-7-11-16(19-4)12-8-14;1-2-4-6-5-3-1;1-5(2,3)4;2*1-3-2/h5-12H,1-4H3;1-6H;1-2H3;2*1-2H3. The first-order valence-electron chi connectivity index (χ1n) is 11.2. The summed E-state index contributed by atoms with van der Waals surface area (Å²) in [6, 6.07) is 28.5. The number of hydrogen-bond donors (Lipinski definition) is 0. The molecule has 3 rings (SSSR count). The molecule has 0 heterocycles. The summed E-state index contributed by atoms with van der Waals surface area (Å²) in [4.78, 5) is 0. The Kier molecular flexibility index (Phi) is 19.9. The predicted octanol–water partition coefficient (Wildman–Crippen LogP) is 5.90. The topological polar surface area (TPSA) is 71.1 Å². The maximum absolute atomic E-state index is 9.63. The van der Waals surface area contributed by atoms with Crippen molar-refractivity contribution in [2.75, 3.05) is 55.2 Å². The molecule has 0 aromatic heterocycles. The van der Waals surface area contributed by atoms with Crippen molar-refractivity contribution in [1.82, 2.24) is 0 Å². The summed E-state index contributed by atoms with van der Waals surface area (Å²) in [7, 11) is 7.20. The number of benzene rings is 3. The van der Waals surface area contributed by atoms with E-state index in [2.05, 4.69) is 47.6 Å². The van der Waals surface area contributed by atoms with Gasteiger partial charge in [-0.05, 0) is 35.4 Å². The molecule has 0 amide bonds. The van der Waals surface area contributed by atoms with Crippen molar-refractivity contribution in [3.63, 3.8) is 0 Å². The van der Waals surface area contributed by atoms with E-state index in [1.807, 2.05) is 60.7 Å². The van der Waals surface area contributed by atoms with Gasteiger partial charge in [0.15, 0.2) is 0 Å². The summed E-state index contributed by atoms with van der Waals surface area (Å²) in [5, 5.41) is 0. The highest BCUT2D eigenvalue weighted by atomic mass is 32.2. The van der Waals surface area contributed by atoms with Gasteiger partial charge in [0.1, 0.15) is 21.3 Å². The molecule has 202 valence electrons. The fourth-order valence-corrected chi connectivity index (χ4v) is 2.57. The first kappa shape index (κ1) is 35.3. The van der Waals surface area contributed by atoms with Crippen LogP contribution in [0.1, 0.15) is 25.0 Å². The second-order valence-electron chi connectivity index (χ2n) is 8.20. The van der Waals surface area contributed by atoms with Crippen LogP contribution in [0.2, 0.25) is 0 Å². The molecule has 0 spiro atoms. The van der Waals surface area contributed by atoms with E-state index in [1.54, 1.807) is 42.7 Å². The lowest BCUT2D eigenvalue weighted by atomic mass is 9.78. The summed E-state index contributed by atoms with van der Waals surface area (Å²) >= 11 is 0. The molecule has 36 heavy (non-hydrogen) atoms. The quantitative estimate of drug-likeness (QED) is 0.426. The Morgan fingerprint density at radius 1 is 0.528 bits per heavy atom. The van der Waals surface area contributed by atoms with E-state index >= 15 is 0 Å². The van der Waals surface area contributed by atoms with Crippen molar-refractivity contribution >= 4 is 9.84 Å². The second-order valence-corrected chi connectivity index (χ2v) is 10.5. The highest BCUT2D eigenvalue weighted by Gasteiger charge is 2.22. The van der Waals surface area contributed by atoms with Gasteiger partial charge in [-0.2, -0.15) is 0 Å². The molecule has 0 saturated heterocycles. The molecule has 0 aliphatic carbocycles. The van der Waals surface area contributed by atoms with Gasteiger partial charge in [0.25, 0.3) is 0 Å². The van der Waals surface area contributed by atoms with Gasteiger partial charge in [0, 0.05) is 46.4 Å². The van der Waals surface area contributed by atoms with Gasteiger partial charge in [-0.15, -0.1) is 0 Å². The molecule has 0 aliphatic rings. The van der Waals surface area contributed by atoms with E-state index in [0.717, 1.165) is 24.0 Å². The fourth-order valence-electron chi connectivity index (χ4n) is 2.57. The van der Waals surface area contributed by atoms with Crippen LogP contribution >= 0.6 is 0 Å². The van der Waals surface area contributed by atoms with Crippen molar-refractivity contribution in [2.45, 2.75) is 19.3 Å². The molecule has 0 radical (unpaired) electrons. The van der Waals surface area contributed by atoms with Crippen LogP contribution in [0.25, 0.3) is 0 Å². The average Bonchev–Trinajstić information content (AvgIpc) is 2.85. The van der Waals surface area contributed by atoms with Gasteiger partial charge in [0.05, 0.1) is 14.2 Å². The molecule has 3 aromatic rings. The SMILES string of the molecule is COC.COC.COc1ccc(C(C)(C)c2ccc(OC)cc2)cc1.CS(C)(=O)=O.c1ccccc1. The summed E-state index contributed by atoms with van der Waals surface area (Å²) in [6.07, 6.45) is 2.32. The van der Waals surface area contributed by atoms with E-state index in [-0.39, 0.29) is 5.41 Å². The Balaban J connectivity index is 0. The van der Waals surface area contributed by atoms with Gasteiger partial charge in [-0.1, -0.05) is 74.5 Å². The number of ether oxygens (including phenoxy) is 4. The Bertz CT molecular complexity index is 898. The van der Waals surface area contributed by atoms with Crippen LogP contribution in [0.5, 0.6) is 11.5 Å². The number of rotatable bonds is 4. The molecule has 0 fully saturated rings. The van der Waals surface area contributed by atoms with Crippen LogP contribution in [0, 0.1) is 0 Å². The van der Waals surface area contributed by atoms with E-state index < -0.39 is 9.84 Å². The van der Waals surface area contributed by atoms with Crippen molar-refractivity contribution in [3.05, 3.63) is 96.1 Å². The molecule has 7 heteroatoms. The minimum absolute atomic E-state index is 0.0431. The fraction of sp³-hybridized carbons (Fsp3) is 0.379. The normalized spacial score (nSPS) is 9.83. The zero-order valence-electron chi connectivity index (χ0n) is 23.4. The zero-order chi connectivity index (χ0) is 28.0. The van der Waals surface area contributed by atoms with Crippen molar-refractivity contribution in [2.24, 2.45) is 0 Å². The van der Waals surface area contributed by atoms with Crippen molar-refractivity contribution in [3.8, 4) is 11.5 Å². The molecule has 0 bridgehead atoms. The molecule has 0 N–H and O–H groups in total. The first-order valence-corrected chi connectivity index (χ1v) is 13.4. The Morgan fingerprint density at radius 2 is 0.722 bits per heavy atom. The summed E-state index contributed by atoms with van der Waals surface area (Å²) in [5.41, 5.74) is 2.48. The van der Waals surface area contributed by atoms with Crippen LogP contribution < -0.4 is 9.47 Å². The van der Waals surface area contributed by atoms with E-state index in [1.165, 1.54) is 11.1 Å². The van der Waals surface area contributed by atoms with Gasteiger partial charge in [-0.3, -0.25) is 0 Å². The third-order valence-corrected chi connectivity index (χ3v) is 4.29. The summed E-state index contributed by atoms with van der Waals surface area (Å²) in [5.74, 6) is 1.77. The Morgan fingerprint density at radius 3 is 0.889 bits per heavy atom. The summed E-state index contributed by atoms with van der Waals surface area (Å²) < 4.78 is 38.2. The van der Waals surface area contributed by atoms with Gasteiger partial charge < -0.3 is 18.9 Å². The lowest BCUT2D eigenvalue weighted by Gasteiger charge is -2.26. The van der Waals surface area contributed by atoms with E-state index in [0.29, 0.717) is 0 Å². The average molecular weight is 521 g/mol. The predicted molar refractivity (Wildman–Crippen MR) is 151 cm³/mol. The molecular formula is C29H44O6S. The molecule has 6 nitrogen and oxygen atoms in total. The van der Waals surface area contributed by atoms with Crippen LogP contribution in [0.4, 0.5) is 0 Å². The van der Waals surface area contributed by atoms with Crippen LogP contribution in [-0.2, 0) is 24.7 Å². The number of hydrogen-bond acceptors (Lipinski definition) is 6. The highest BCUT2D eigenvalue weighted by molar-refractivity contribution is 7.89. The van der Waals surface area contributed by atoms with E-state index in [4.69, 9.17) is 9.47 Å². The Labute approximate surface area is 219 Å². The smallest absolute Gasteiger partial charge is 0.144 e. The Hall–Kier alpha value is -2.87. The van der Waals surface area contributed by atoms with Gasteiger partial charge in [0.2, 0.25) is 0 Å². The first-order chi connectivity index (χ1) is 16.9. The monoisotopic (exact) mass is 520 g/mol. The minimum Gasteiger partial charge on any atom is -0.497 e. The maximum Gasteiger partial charge on any atom is 0.144 e. The van der Waals surface area contributed by atoms with Crippen LogP contribution in [0.15, 0.2) is 84.9 Å². The summed E-state index contributed by atoms with van der Waals surface area (Å²) in [6.45, 7) is 4.44. The molecule has 0 unspecified atom stereocenters. The van der Waals surface area contributed by atoms with Gasteiger partial charge in [-0.25, -0.2) is 8.42 Å². The number of methoxy groups -OCH3 is 4.